The number of para-hydroxylation sites is 3. The second-order valence-corrected chi connectivity index (χ2v) is 15.3. The van der Waals surface area contributed by atoms with Crippen molar-refractivity contribution < 1.29 is 4.42 Å². The van der Waals surface area contributed by atoms with Crippen LogP contribution >= 0.6 is 11.3 Å². The smallest absolute Gasteiger partial charge is 0.141 e. The molecule has 5 heteroatoms. The summed E-state index contributed by atoms with van der Waals surface area (Å²) in [6.45, 7) is 0. The van der Waals surface area contributed by atoms with Crippen molar-refractivity contribution in [2.24, 2.45) is 0 Å². The van der Waals surface area contributed by atoms with Gasteiger partial charge in [-0.15, -0.1) is 11.3 Å². The maximum absolute atomic E-state index is 6.66. The van der Waals surface area contributed by atoms with E-state index in [1.54, 1.807) is 0 Å². The highest BCUT2D eigenvalue weighted by Crippen LogP contribution is 2.44. The van der Waals surface area contributed by atoms with E-state index in [9.17, 15) is 0 Å². The van der Waals surface area contributed by atoms with Gasteiger partial charge in [0.1, 0.15) is 17.0 Å². The summed E-state index contributed by atoms with van der Waals surface area (Å²) >= 11 is 1.89. The van der Waals surface area contributed by atoms with Crippen molar-refractivity contribution in [3.63, 3.8) is 0 Å². The Hall–Kier alpha value is -6.69. The van der Waals surface area contributed by atoms with Crippen LogP contribution in [-0.4, -0.2) is 14.1 Å². The molecule has 1 aliphatic rings. The maximum atomic E-state index is 6.66. The van der Waals surface area contributed by atoms with Gasteiger partial charge in [-0.3, -0.25) is 0 Å². The summed E-state index contributed by atoms with van der Waals surface area (Å²) in [4.78, 5) is 5.12. The molecule has 54 heavy (non-hydrogen) atoms. The number of aromatic nitrogens is 3. The standard InChI is InChI=1S/C49H31N3OS/c1-2-11-32(12-3-1)52-41-18-8-6-16-39(41)50-49(52)31-23-21-30(22-24-31)34-15-10-19-43-46(34)38-26-25-33(29-44(38)53-43)51-40-17-7-4-14-37(40)47-42(51)28-27-36-35-13-5-9-20-45(35)54-48(36)47/h1-11,13-29,32H,12H2. The van der Waals surface area contributed by atoms with Crippen LogP contribution in [0.1, 0.15) is 12.5 Å². The number of rotatable bonds is 4. The molecule has 1 atom stereocenters. The van der Waals surface area contributed by atoms with Gasteiger partial charge in [-0.05, 0) is 66.1 Å². The van der Waals surface area contributed by atoms with Crippen LogP contribution in [0.25, 0.3) is 103 Å². The number of benzene rings is 7. The molecular formula is C49H31N3OS. The topological polar surface area (TPSA) is 35.9 Å². The van der Waals surface area contributed by atoms with E-state index in [0.717, 1.165) is 67.6 Å². The van der Waals surface area contributed by atoms with Gasteiger partial charge in [0, 0.05) is 59.0 Å². The van der Waals surface area contributed by atoms with Crippen molar-refractivity contribution in [1.82, 2.24) is 14.1 Å². The van der Waals surface area contributed by atoms with Gasteiger partial charge in [-0.25, -0.2) is 4.98 Å². The van der Waals surface area contributed by atoms with Crippen LogP contribution in [0, 0.1) is 0 Å². The predicted molar refractivity (Wildman–Crippen MR) is 227 cm³/mol. The van der Waals surface area contributed by atoms with Gasteiger partial charge in [-0.2, -0.15) is 0 Å². The Kier molecular flexibility index (Phi) is 6.30. The minimum atomic E-state index is 0.229. The monoisotopic (exact) mass is 709 g/mol. The number of furan rings is 1. The Bertz CT molecular complexity index is 3370. The zero-order valence-electron chi connectivity index (χ0n) is 29.1. The van der Waals surface area contributed by atoms with E-state index in [4.69, 9.17) is 9.40 Å². The Morgan fingerprint density at radius 1 is 0.593 bits per heavy atom. The van der Waals surface area contributed by atoms with Gasteiger partial charge in [0.25, 0.3) is 0 Å². The molecule has 4 aromatic heterocycles. The van der Waals surface area contributed by atoms with Gasteiger partial charge in [0.2, 0.25) is 0 Å². The van der Waals surface area contributed by atoms with Crippen molar-refractivity contribution in [3.8, 4) is 28.2 Å². The number of hydrogen-bond donors (Lipinski definition) is 0. The molecule has 0 fully saturated rings. The van der Waals surface area contributed by atoms with Gasteiger partial charge in [-0.1, -0.05) is 115 Å². The van der Waals surface area contributed by atoms with Gasteiger partial charge < -0.3 is 13.6 Å². The van der Waals surface area contributed by atoms with Crippen molar-refractivity contribution >= 4 is 86.3 Å². The molecule has 0 N–H and O–H groups in total. The number of nitrogens with zero attached hydrogens (tertiary/aromatic N) is 3. The van der Waals surface area contributed by atoms with Crippen LogP contribution in [0.4, 0.5) is 0 Å². The lowest BCUT2D eigenvalue weighted by Gasteiger charge is -2.19. The molecule has 4 heterocycles. The summed E-state index contributed by atoms with van der Waals surface area (Å²) < 4.78 is 14.1. The maximum Gasteiger partial charge on any atom is 0.141 e. The Labute approximate surface area is 314 Å². The quantitative estimate of drug-likeness (QED) is 0.182. The first-order valence-corrected chi connectivity index (χ1v) is 19.3. The molecule has 4 nitrogen and oxygen atoms in total. The van der Waals surface area contributed by atoms with Crippen molar-refractivity contribution in [1.29, 1.82) is 0 Å². The number of hydrogen-bond acceptors (Lipinski definition) is 3. The SMILES string of the molecule is C1=CCC(n2c(-c3ccc(-c4cccc5oc6cc(-n7c8ccccc8c8c9sc%10ccccc%10c9ccc87)ccc6c45)cc3)nc3ccccc32)C=C1. The molecule has 12 rings (SSSR count). The highest BCUT2D eigenvalue weighted by Gasteiger charge is 2.21. The fourth-order valence-corrected chi connectivity index (χ4v) is 10.1. The van der Waals surface area contributed by atoms with Crippen LogP contribution < -0.4 is 0 Å². The van der Waals surface area contributed by atoms with Crippen LogP contribution in [-0.2, 0) is 0 Å². The van der Waals surface area contributed by atoms with Gasteiger partial charge >= 0.3 is 0 Å². The third kappa shape index (κ3) is 4.27. The summed E-state index contributed by atoms with van der Waals surface area (Å²) in [5, 5.41) is 7.45. The van der Waals surface area contributed by atoms with E-state index in [1.807, 2.05) is 11.3 Å². The minimum absolute atomic E-state index is 0.229. The zero-order chi connectivity index (χ0) is 35.3. The van der Waals surface area contributed by atoms with E-state index in [1.165, 1.54) is 42.0 Å². The summed E-state index contributed by atoms with van der Waals surface area (Å²) in [6.07, 6.45) is 9.72. The van der Waals surface area contributed by atoms with Crippen molar-refractivity contribution in [2.45, 2.75) is 12.5 Å². The predicted octanol–water partition coefficient (Wildman–Crippen LogP) is 13.8. The first kappa shape index (κ1) is 29.8. The molecule has 11 aromatic rings. The Morgan fingerprint density at radius 2 is 1.39 bits per heavy atom. The molecule has 0 bridgehead atoms. The Morgan fingerprint density at radius 3 is 2.28 bits per heavy atom. The Balaban J connectivity index is 0.985. The normalized spacial score (nSPS) is 14.6. The molecule has 0 spiro atoms. The average Bonchev–Trinajstić information content (AvgIpc) is 3.99. The lowest BCUT2D eigenvalue weighted by Crippen LogP contribution is -2.08. The third-order valence-corrected chi connectivity index (χ3v) is 12.5. The first-order valence-electron chi connectivity index (χ1n) is 18.5. The van der Waals surface area contributed by atoms with Crippen LogP contribution in [0.5, 0.6) is 0 Å². The summed E-state index contributed by atoms with van der Waals surface area (Å²) in [6, 6.07) is 52.7. The zero-order valence-corrected chi connectivity index (χ0v) is 29.9. The summed E-state index contributed by atoms with van der Waals surface area (Å²) in [5.74, 6) is 0.991. The van der Waals surface area contributed by atoms with Crippen LogP contribution in [0.2, 0.25) is 0 Å². The van der Waals surface area contributed by atoms with E-state index in [-0.39, 0.29) is 6.04 Å². The van der Waals surface area contributed by atoms with Gasteiger partial charge in [0.05, 0.1) is 28.1 Å². The van der Waals surface area contributed by atoms with Crippen LogP contribution in [0.3, 0.4) is 0 Å². The lowest BCUT2D eigenvalue weighted by molar-refractivity contribution is 0.631. The van der Waals surface area contributed by atoms with E-state index < -0.39 is 0 Å². The summed E-state index contributed by atoms with van der Waals surface area (Å²) in [5.41, 5.74) is 10.8. The molecule has 254 valence electrons. The molecule has 1 aliphatic carbocycles. The van der Waals surface area contributed by atoms with Crippen molar-refractivity contribution in [3.05, 3.63) is 170 Å². The molecule has 0 aliphatic heterocycles. The highest BCUT2D eigenvalue weighted by atomic mass is 32.1. The second kappa shape index (κ2) is 11.4. The fraction of sp³-hybridized carbons (Fsp3) is 0.0408. The van der Waals surface area contributed by atoms with E-state index in [2.05, 4.69) is 179 Å². The molecule has 0 amide bonds. The molecule has 0 saturated heterocycles. The molecule has 7 aromatic carbocycles. The molecule has 0 radical (unpaired) electrons. The summed E-state index contributed by atoms with van der Waals surface area (Å²) in [7, 11) is 0. The first-order chi connectivity index (χ1) is 26.8. The van der Waals surface area contributed by atoms with Gasteiger partial charge in [0.15, 0.2) is 0 Å². The second-order valence-electron chi connectivity index (χ2n) is 14.2. The number of fused-ring (bicyclic) bond motifs is 11. The lowest BCUT2D eigenvalue weighted by atomic mass is 9.98. The number of thiophene rings is 1. The van der Waals surface area contributed by atoms with E-state index >= 15 is 0 Å². The number of imidazole rings is 1. The number of allylic oxidation sites excluding steroid dienone is 4. The molecular weight excluding hydrogens is 679 g/mol. The third-order valence-electron chi connectivity index (χ3n) is 11.3. The molecule has 0 saturated carbocycles. The van der Waals surface area contributed by atoms with Crippen LogP contribution in [0.15, 0.2) is 174 Å². The average molecular weight is 710 g/mol. The van der Waals surface area contributed by atoms with Crippen molar-refractivity contribution in [2.75, 3.05) is 0 Å². The highest BCUT2D eigenvalue weighted by molar-refractivity contribution is 7.26. The van der Waals surface area contributed by atoms with E-state index in [0.29, 0.717) is 0 Å². The largest absolute Gasteiger partial charge is 0.456 e. The fourth-order valence-electron chi connectivity index (χ4n) is 8.85. The minimum Gasteiger partial charge on any atom is -0.456 e. The molecule has 1 unspecified atom stereocenters.